The number of rotatable bonds is 8. The number of nitrogens with one attached hydrogen (secondary N) is 1. The molecule has 0 saturated heterocycles. The molecule has 0 radical (unpaired) electrons. The Bertz CT molecular complexity index is 1840. The van der Waals surface area contributed by atoms with Crippen LogP contribution in [0.25, 0.3) is 39.5 Å². The van der Waals surface area contributed by atoms with Gasteiger partial charge in [0.25, 0.3) is 5.89 Å². The minimum atomic E-state index is -0.822. The number of allylic oxidation sites excluding steroid dienone is 1. The second-order valence-corrected chi connectivity index (χ2v) is 10.1. The van der Waals surface area contributed by atoms with Gasteiger partial charge in [0.1, 0.15) is 23.6 Å². The molecule has 1 aliphatic carbocycles. The van der Waals surface area contributed by atoms with E-state index in [9.17, 15) is 10.1 Å². The minimum Gasteiger partial charge on any atom is -0.490 e. The number of aromatic nitrogens is 3. The van der Waals surface area contributed by atoms with Crippen LogP contribution in [0.2, 0.25) is 0 Å². The number of benzene rings is 3. The topological polar surface area (TPSA) is 140 Å². The Morgan fingerprint density at radius 2 is 1.98 bits per heavy atom. The first-order chi connectivity index (χ1) is 19.9. The summed E-state index contributed by atoms with van der Waals surface area (Å²) in [6.07, 6.45) is 4.57. The summed E-state index contributed by atoms with van der Waals surface area (Å²) >= 11 is 0. The number of nitrogens with zero attached hydrogens (tertiary/aromatic N) is 3. The van der Waals surface area contributed by atoms with E-state index >= 15 is 0 Å². The third-order valence-corrected chi connectivity index (χ3v) is 6.94. The van der Waals surface area contributed by atoms with Gasteiger partial charge in [0.05, 0.1) is 11.7 Å². The monoisotopic (exact) mass is 545 g/mol. The molecule has 0 spiro atoms. The van der Waals surface area contributed by atoms with Crippen molar-refractivity contribution in [1.29, 1.82) is 5.26 Å². The molecule has 0 bridgehead atoms. The van der Waals surface area contributed by atoms with Crippen LogP contribution in [-0.2, 0) is 22.4 Å². The average molecular weight is 546 g/mol. The predicted molar refractivity (Wildman–Crippen MR) is 153 cm³/mol. The molecule has 3 aromatic carbocycles. The standard InChI is InChI=1S/C32H27N5O4/c1-18(2)39-28-12-10-19(14-20(28)16-33)31-36-30(37-41-31)25-8-5-7-24-23(25)11-13-29(24)40-32(38)26(34)15-21-17-35-27-9-4-3-6-22(21)27/h3-10,12-14,17-18,26,35H,11,15,34H2,1-2H3. The van der Waals surface area contributed by atoms with Gasteiger partial charge in [-0.3, -0.25) is 0 Å². The highest BCUT2D eigenvalue weighted by molar-refractivity contribution is 5.88. The largest absolute Gasteiger partial charge is 0.490 e. The van der Waals surface area contributed by atoms with E-state index < -0.39 is 12.0 Å². The zero-order valence-electron chi connectivity index (χ0n) is 22.5. The molecule has 9 nitrogen and oxygen atoms in total. The fraction of sp³-hybridized carbons (Fsp3) is 0.188. The van der Waals surface area contributed by atoms with Crippen molar-refractivity contribution in [2.24, 2.45) is 5.73 Å². The molecule has 0 fully saturated rings. The number of carbonyl (C=O) groups is 1. The highest BCUT2D eigenvalue weighted by Crippen LogP contribution is 2.36. The van der Waals surface area contributed by atoms with Crippen molar-refractivity contribution in [3.63, 3.8) is 0 Å². The molecule has 0 amide bonds. The fourth-order valence-electron chi connectivity index (χ4n) is 5.01. The summed E-state index contributed by atoms with van der Waals surface area (Å²) in [5.41, 5.74) is 11.7. The number of H-pyrrole nitrogens is 1. The van der Waals surface area contributed by atoms with Gasteiger partial charge in [0, 0.05) is 40.2 Å². The van der Waals surface area contributed by atoms with E-state index in [-0.39, 0.29) is 12.0 Å². The van der Waals surface area contributed by atoms with Gasteiger partial charge in [-0.25, -0.2) is 4.79 Å². The molecule has 6 rings (SSSR count). The van der Waals surface area contributed by atoms with Crippen molar-refractivity contribution in [2.45, 2.75) is 38.8 Å². The third kappa shape index (κ3) is 5.09. The van der Waals surface area contributed by atoms with Crippen molar-refractivity contribution < 1.29 is 18.8 Å². The van der Waals surface area contributed by atoms with Crippen molar-refractivity contribution in [3.8, 4) is 34.7 Å². The van der Waals surface area contributed by atoms with Crippen molar-refractivity contribution in [3.05, 3.63) is 95.2 Å². The van der Waals surface area contributed by atoms with Crippen LogP contribution in [0.4, 0.5) is 0 Å². The van der Waals surface area contributed by atoms with Gasteiger partial charge in [-0.15, -0.1) is 0 Å². The molecule has 2 aromatic heterocycles. The second kappa shape index (κ2) is 10.8. The highest BCUT2D eigenvalue weighted by Gasteiger charge is 2.26. The van der Waals surface area contributed by atoms with Crippen LogP contribution in [0.1, 0.15) is 36.1 Å². The van der Waals surface area contributed by atoms with E-state index in [1.165, 1.54) is 0 Å². The van der Waals surface area contributed by atoms with Gasteiger partial charge >= 0.3 is 5.97 Å². The van der Waals surface area contributed by atoms with Crippen LogP contribution in [0, 0.1) is 11.3 Å². The SMILES string of the molecule is CC(C)Oc1ccc(-c2nc(-c3cccc4c3CC=C4OC(=O)C(N)Cc3c[nH]c4ccccc34)no2)cc1C#N. The Balaban J connectivity index is 1.19. The molecule has 0 saturated carbocycles. The maximum atomic E-state index is 13.0. The highest BCUT2D eigenvalue weighted by atomic mass is 16.5. The van der Waals surface area contributed by atoms with Gasteiger partial charge in [-0.1, -0.05) is 41.6 Å². The molecule has 1 atom stereocenters. The second-order valence-electron chi connectivity index (χ2n) is 10.1. The molecule has 41 heavy (non-hydrogen) atoms. The number of carbonyl (C=O) groups excluding carboxylic acids is 1. The quantitative estimate of drug-likeness (QED) is 0.242. The summed E-state index contributed by atoms with van der Waals surface area (Å²) in [6, 6.07) is 20.1. The van der Waals surface area contributed by atoms with Crippen molar-refractivity contribution in [2.75, 3.05) is 0 Å². The van der Waals surface area contributed by atoms with Crippen LogP contribution < -0.4 is 10.5 Å². The predicted octanol–water partition coefficient (Wildman–Crippen LogP) is 5.55. The van der Waals surface area contributed by atoms with E-state index in [4.69, 9.17) is 19.7 Å². The Morgan fingerprint density at radius 3 is 2.80 bits per heavy atom. The summed E-state index contributed by atoms with van der Waals surface area (Å²) in [5, 5.41) is 14.8. The van der Waals surface area contributed by atoms with Gasteiger partial charge in [-0.05, 0) is 61.7 Å². The number of hydrogen-bond acceptors (Lipinski definition) is 8. The number of esters is 1. The van der Waals surface area contributed by atoms with Gasteiger partial charge in [0.2, 0.25) is 5.82 Å². The zero-order valence-corrected chi connectivity index (χ0v) is 22.5. The van der Waals surface area contributed by atoms with Crippen LogP contribution >= 0.6 is 0 Å². The fourth-order valence-corrected chi connectivity index (χ4v) is 5.01. The molecule has 204 valence electrons. The van der Waals surface area contributed by atoms with Crippen LogP contribution in [-0.4, -0.2) is 33.2 Å². The number of ether oxygens (including phenoxy) is 2. The molecule has 3 N–H and O–H groups in total. The number of nitriles is 1. The van der Waals surface area contributed by atoms with Crippen LogP contribution in [0.15, 0.2) is 77.5 Å². The lowest BCUT2D eigenvalue weighted by Crippen LogP contribution is -2.34. The van der Waals surface area contributed by atoms with E-state index in [0.29, 0.717) is 41.3 Å². The number of fused-ring (bicyclic) bond motifs is 2. The van der Waals surface area contributed by atoms with Crippen LogP contribution in [0.5, 0.6) is 5.75 Å². The molecule has 1 aliphatic rings. The normalized spacial score (nSPS) is 13.1. The van der Waals surface area contributed by atoms with E-state index in [0.717, 1.165) is 33.2 Å². The molecular weight excluding hydrogens is 518 g/mol. The van der Waals surface area contributed by atoms with Crippen molar-refractivity contribution >= 4 is 22.6 Å². The lowest BCUT2D eigenvalue weighted by molar-refractivity contribution is -0.138. The minimum absolute atomic E-state index is 0.0591. The molecule has 2 heterocycles. The lowest BCUT2D eigenvalue weighted by atomic mass is 10.0. The first-order valence-electron chi connectivity index (χ1n) is 13.3. The molecular formula is C32H27N5O4. The molecule has 0 aliphatic heterocycles. The Labute approximate surface area is 236 Å². The van der Waals surface area contributed by atoms with Gasteiger partial charge in [0.15, 0.2) is 0 Å². The first kappa shape index (κ1) is 26.0. The summed E-state index contributed by atoms with van der Waals surface area (Å²) < 4.78 is 17.0. The maximum Gasteiger partial charge on any atom is 0.328 e. The number of nitrogens with two attached hydrogens (primary N) is 1. The Kier molecular flexibility index (Phi) is 6.83. The Hall–Kier alpha value is -5.20. The van der Waals surface area contributed by atoms with Gasteiger partial charge in [-0.2, -0.15) is 10.2 Å². The smallest absolute Gasteiger partial charge is 0.328 e. The molecule has 5 aromatic rings. The summed E-state index contributed by atoms with van der Waals surface area (Å²) in [7, 11) is 0. The number of hydrogen-bond donors (Lipinski definition) is 2. The van der Waals surface area contributed by atoms with Crippen molar-refractivity contribution in [1.82, 2.24) is 15.1 Å². The summed E-state index contributed by atoms with van der Waals surface area (Å²) in [5.74, 6) is 1.14. The third-order valence-electron chi connectivity index (χ3n) is 6.94. The Morgan fingerprint density at radius 1 is 1.15 bits per heavy atom. The first-order valence-corrected chi connectivity index (χ1v) is 13.3. The summed E-state index contributed by atoms with van der Waals surface area (Å²) in [6.45, 7) is 3.80. The zero-order chi connectivity index (χ0) is 28.5. The number of para-hydroxylation sites is 1. The van der Waals surface area contributed by atoms with E-state index in [1.54, 1.807) is 18.2 Å². The molecule has 9 heteroatoms. The maximum absolute atomic E-state index is 13.0. The lowest BCUT2D eigenvalue weighted by Gasteiger charge is -2.13. The van der Waals surface area contributed by atoms with E-state index in [2.05, 4.69) is 21.2 Å². The summed E-state index contributed by atoms with van der Waals surface area (Å²) in [4.78, 5) is 20.8. The van der Waals surface area contributed by atoms with Gasteiger partial charge < -0.3 is 24.7 Å². The van der Waals surface area contributed by atoms with Crippen LogP contribution in [0.3, 0.4) is 0 Å². The average Bonchev–Trinajstić information content (AvgIpc) is 3.72. The molecule has 1 unspecified atom stereocenters. The number of aromatic amines is 1. The van der Waals surface area contributed by atoms with E-state index in [1.807, 2.05) is 68.6 Å².